The molecule has 1 aromatic carbocycles. The molecule has 146 valence electrons. The molecule has 6 nitrogen and oxygen atoms in total. The van der Waals surface area contributed by atoms with Gasteiger partial charge in [-0.2, -0.15) is 0 Å². The average molecular weight is 398 g/mol. The maximum atomic E-state index is 12.9. The molecule has 0 radical (unpaired) electrons. The van der Waals surface area contributed by atoms with Gasteiger partial charge in [-0.05, 0) is 50.3 Å². The predicted molar refractivity (Wildman–Crippen MR) is 108 cm³/mol. The van der Waals surface area contributed by atoms with Crippen molar-refractivity contribution in [3.63, 3.8) is 0 Å². The van der Waals surface area contributed by atoms with Crippen LogP contribution < -0.4 is 9.46 Å². The van der Waals surface area contributed by atoms with E-state index in [-0.39, 0.29) is 17.0 Å². The Balaban J connectivity index is 1.40. The maximum Gasteiger partial charge on any atom is 0.242 e. The number of benzene rings is 1. The van der Waals surface area contributed by atoms with Gasteiger partial charge in [0.05, 0.1) is 5.52 Å². The number of sulfonamides is 1. The van der Waals surface area contributed by atoms with Gasteiger partial charge in [-0.25, -0.2) is 18.1 Å². The number of fused-ring (bicyclic) bond motifs is 1. The van der Waals surface area contributed by atoms with Gasteiger partial charge in [0.15, 0.2) is 0 Å². The molecule has 1 aliphatic carbocycles. The van der Waals surface area contributed by atoms with Gasteiger partial charge in [0, 0.05) is 29.9 Å². The van der Waals surface area contributed by atoms with E-state index in [0.717, 1.165) is 36.6 Å². The van der Waals surface area contributed by atoms with E-state index in [9.17, 15) is 8.42 Å². The van der Waals surface area contributed by atoms with Crippen LogP contribution in [0.4, 0.5) is 0 Å². The number of nitrogens with one attached hydrogen (secondary N) is 1. The van der Waals surface area contributed by atoms with Crippen LogP contribution in [0.2, 0.25) is 0 Å². The van der Waals surface area contributed by atoms with Crippen LogP contribution in [-0.2, 0) is 10.0 Å². The quantitative estimate of drug-likeness (QED) is 0.711. The molecule has 28 heavy (non-hydrogen) atoms. The van der Waals surface area contributed by atoms with E-state index in [0.29, 0.717) is 11.4 Å². The van der Waals surface area contributed by atoms with Gasteiger partial charge < -0.3 is 4.74 Å². The van der Waals surface area contributed by atoms with Crippen LogP contribution in [0.15, 0.2) is 59.8 Å². The van der Waals surface area contributed by atoms with Crippen LogP contribution in [0.3, 0.4) is 0 Å². The number of aromatic nitrogens is 2. The highest BCUT2D eigenvalue weighted by molar-refractivity contribution is 7.89. The Labute approximate surface area is 165 Å². The van der Waals surface area contributed by atoms with Gasteiger partial charge in [-0.15, -0.1) is 0 Å². The zero-order valence-electron chi connectivity index (χ0n) is 15.7. The molecular weight excluding hydrogens is 374 g/mol. The first kappa shape index (κ1) is 18.8. The lowest BCUT2D eigenvalue weighted by Gasteiger charge is -2.29. The van der Waals surface area contributed by atoms with E-state index in [1.807, 2.05) is 31.2 Å². The Kier molecular flexibility index (Phi) is 5.28. The minimum absolute atomic E-state index is 0.0650. The standard InChI is InChI=1S/C21H23N3O3S/c1-15-7-12-20(23-14-15)27-18-10-8-17(9-11-18)24-28(25,26)19-6-2-4-16-5-3-13-22-21(16)19/h2-7,12-14,17-18,24H,8-11H2,1H3. The molecule has 2 aromatic heterocycles. The number of pyridine rings is 2. The fourth-order valence-electron chi connectivity index (χ4n) is 3.57. The topological polar surface area (TPSA) is 81.2 Å². The zero-order chi connectivity index (χ0) is 19.6. The number of hydrogen-bond acceptors (Lipinski definition) is 5. The van der Waals surface area contributed by atoms with Crippen molar-refractivity contribution in [2.45, 2.75) is 49.6 Å². The summed E-state index contributed by atoms with van der Waals surface area (Å²) < 4.78 is 34.6. The van der Waals surface area contributed by atoms with Crippen molar-refractivity contribution in [3.05, 3.63) is 60.4 Å². The van der Waals surface area contributed by atoms with Crippen molar-refractivity contribution in [1.29, 1.82) is 0 Å². The summed E-state index contributed by atoms with van der Waals surface area (Å²) in [5.74, 6) is 0.622. The van der Waals surface area contributed by atoms with Crippen molar-refractivity contribution < 1.29 is 13.2 Å². The summed E-state index contributed by atoms with van der Waals surface area (Å²) in [5, 5.41) is 0.813. The van der Waals surface area contributed by atoms with E-state index >= 15 is 0 Å². The first-order chi connectivity index (χ1) is 13.5. The molecule has 0 unspecified atom stereocenters. The highest BCUT2D eigenvalue weighted by Crippen LogP contribution is 2.26. The van der Waals surface area contributed by atoms with Gasteiger partial charge in [0.25, 0.3) is 0 Å². The number of rotatable bonds is 5. The van der Waals surface area contributed by atoms with Crippen LogP contribution >= 0.6 is 0 Å². The van der Waals surface area contributed by atoms with Gasteiger partial charge in [0.2, 0.25) is 15.9 Å². The third-order valence-electron chi connectivity index (χ3n) is 5.05. The fraction of sp³-hybridized carbons (Fsp3) is 0.333. The van der Waals surface area contributed by atoms with Crippen molar-refractivity contribution in [2.75, 3.05) is 0 Å². The lowest BCUT2D eigenvalue weighted by atomic mass is 9.94. The second kappa shape index (κ2) is 7.85. The molecule has 0 spiro atoms. The zero-order valence-corrected chi connectivity index (χ0v) is 16.5. The van der Waals surface area contributed by atoms with E-state index in [1.54, 1.807) is 30.6 Å². The highest BCUT2D eigenvalue weighted by Gasteiger charge is 2.28. The first-order valence-corrected chi connectivity index (χ1v) is 10.9. The summed E-state index contributed by atoms with van der Waals surface area (Å²) in [7, 11) is -3.63. The molecule has 0 bridgehead atoms. The van der Waals surface area contributed by atoms with E-state index in [2.05, 4.69) is 14.7 Å². The molecule has 4 rings (SSSR count). The largest absolute Gasteiger partial charge is 0.474 e. The molecule has 1 N–H and O–H groups in total. The molecule has 1 fully saturated rings. The molecule has 0 aliphatic heterocycles. The van der Waals surface area contributed by atoms with Crippen LogP contribution in [0.25, 0.3) is 10.9 Å². The third kappa shape index (κ3) is 4.15. The minimum Gasteiger partial charge on any atom is -0.474 e. The summed E-state index contributed by atoms with van der Waals surface area (Å²) in [4.78, 5) is 8.77. The number of aryl methyl sites for hydroxylation is 1. The molecule has 1 saturated carbocycles. The molecule has 7 heteroatoms. The monoisotopic (exact) mass is 397 g/mol. The normalized spacial score (nSPS) is 20.2. The third-order valence-corrected chi connectivity index (χ3v) is 6.60. The summed E-state index contributed by atoms with van der Waals surface area (Å²) in [6.07, 6.45) is 6.50. The minimum atomic E-state index is -3.63. The van der Waals surface area contributed by atoms with Crippen LogP contribution in [-0.4, -0.2) is 30.5 Å². The van der Waals surface area contributed by atoms with Gasteiger partial charge in [-0.1, -0.05) is 24.3 Å². The summed E-state index contributed by atoms with van der Waals surface area (Å²) in [6.45, 7) is 1.99. The lowest BCUT2D eigenvalue weighted by molar-refractivity contribution is 0.138. The summed E-state index contributed by atoms with van der Waals surface area (Å²) >= 11 is 0. The van der Waals surface area contributed by atoms with Crippen molar-refractivity contribution in [2.24, 2.45) is 0 Å². The van der Waals surface area contributed by atoms with Crippen molar-refractivity contribution in [3.8, 4) is 5.88 Å². The van der Waals surface area contributed by atoms with Crippen LogP contribution in [0, 0.1) is 6.92 Å². The van der Waals surface area contributed by atoms with Gasteiger partial charge in [-0.3, -0.25) is 4.98 Å². The smallest absolute Gasteiger partial charge is 0.242 e. The Bertz CT molecular complexity index is 1050. The lowest BCUT2D eigenvalue weighted by Crippen LogP contribution is -2.39. The Morgan fingerprint density at radius 3 is 2.54 bits per heavy atom. The molecule has 2 heterocycles. The van der Waals surface area contributed by atoms with E-state index in [4.69, 9.17) is 4.74 Å². The fourth-order valence-corrected chi connectivity index (χ4v) is 5.05. The van der Waals surface area contributed by atoms with Crippen molar-refractivity contribution >= 4 is 20.9 Å². The van der Waals surface area contributed by atoms with Crippen LogP contribution in [0.5, 0.6) is 5.88 Å². The number of nitrogens with zero attached hydrogens (tertiary/aromatic N) is 2. The number of hydrogen-bond donors (Lipinski definition) is 1. The molecule has 3 aromatic rings. The van der Waals surface area contributed by atoms with Gasteiger partial charge in [0.1, 0.15) is 11.0 Å². The number of para-hydroxylation sites is 1. The van der Waals surface area contributed by atoms with E-state index in [1.165, 1.54) is 0 Å². The van der Waals surface area contributed by atoms with Gasteiger partial charge >= 0.3 is 0 Å². The predicted octanol–water partition coefficient (Wildman–Crippen LogP) is 3.61. The maximum absolute atomic E-state index is 12.9. The Morgan fingerprint density at radius 1 is 1.00 bits per heavy atom. The SMILES string of the molecule is Cc1ccc(OC2CCC(NS(=O)(=O)c3cccc4cccnc34)CC2)nc1. The molecular formula is C21H23N3O3S. The van der Waals surface area contributed by atoms with Crippen molar-refractivity contribution in [1.82, 2.24) is 14.7 Å². The Hall–Kier alpha value is -2.51. The second-order valence-corrected chi connectivity index (χ2v) is 8.90. The summed E-state index contributed by atoms with van der Waals surface area (Å²) in [5.41, 5.74) is 1.59. The molecule has 0 saturated heterocycles. The highest BCUT2D eigenvalue weighted by atomic mass is 32.2. The molecule has 0 atom stereocenters. The number of ether oxygens (including phenoxy) is 1. The van der Waals surface area contributed by atoms with Crippen LogP contribution in [0.1, 0.15) is 31.2 Å². The molecule has 0 amide bonds. The summed E-state index contributed by atoms with van der Waals surface area (Å²) in [6, 6.07) is 12.6. The Morgan fingerprint density at radius 2 is 1.79 bits per heavy atom. The average Bonchev–Trinajstić information content (AvgIpc) is 2.70. The van der Waals surface area contributed by atoms with E-state index < -0.39 is 10.0 Å². The molecule has 1 aliphatic rings. The second-order valence-electron chi connectivity index (χ2n) is 7.22. The first-order valence-electron chi connectivity index (χ1n) is 9.47.